The van der Waals surface area contributed by atoms with Crippen molar-refractivity contribution in [3.63, 3.8) is 0 Å². The van der Waals surface area contributed by atoms with Crippen molar-refractivity contribution in [1.29, 1.82) is 0 Å². The number of pyridine rings is 1. The molecular formula is C21H19N3O4. The van der Waals surface area contributed by atoms with Crippen molar-refractivity contribution in [2.24, 2.45) is 0 Å². The molecule has 0 bridgehead atoms. The van der Waals surface area contributed by atoms with Crippen LogP contribution in [0, 0.1) is 13.8 Å². The van der Waals surface area contributed by atoms with Crippen molar-refractivity contribution >= 4 is 17.7 Å². The molecule has 2 aromatic heterocycles. The number of amides is 1. The lowest BCUT2D eigenvalue weighted by Crippen LogP contribution is -2.23. The number of cyclic esters (lactones) is 1. The third kappa shape index (κ3) is 3.22. The Bertz CT molecular complexity index is 1030. The zero-order chi connectivity index (χ0) is 19.7. The summed E-state index contributed by atoms with van der Waals surface area (Å²) in [6.45, 7) is 4.67. The molecule has 28 heavy (non-hydrogen) atoms. The van der Waals surface area contributed by atoms with Gasteiger partial charge in [-0.3, -0.25) is 4.90 Å². The van der Waals surface area contributed by atoms with Gasteiger partial charge in [-0.25, -0.2) is 14.6 Å². The van der Waals surface area contributed by atoms with Crippen molar-refractivity contribution in [3.05, 3.63) is 71.7 Å². The smallest absolute Gasteiger partial charge is 0.414 e. The summed E-state index contributed by atoms with van der Waals surface area (Å²) in [5, 5.41) is 0. The Morgan fingerprint density at radius 3 is 2.57 bits per heavy atom. The van der Waals surface area contributed by atoms with E-state index in [4.69, 9.17) is 9.47 Å². The SMILES string of the molecule is Cc1cc(C(=O)Oc2ccc(N3CCOC3=O)cc2)c(C)n1-c1ccccn1. The summed E-state index contributed by atoms with van der Waals surface area (Å²) in [6.07, 6.45) is 1.34. The number of carbonyl (C=O) groups is 2. The molecular weight excluding hydrogens is 358 g/mol. The van der Waals surface area contributed by atoms with Crippen LogP contribution in [0.5, 0.6) is 5.75 Å². The molecule has 1 aliphatic heterocycles. The minimum absolute atomic E-state index is 0.369. The first-order chi connectivity index (χ1) is 13.5. The van der Waals surface area contributed by atoms with Gasteiger partial charge in [0.2, 0.25) is 0 Å². The Labute approximate surface area is 162 Å². The second-order valence-electron chi connectivity index (χ2n) is 6.46. The van der Waals surface area contributed by atoms with Crippen LogP contribution in [0.1, 0.15) is 21.7 Å². The number of hydrogen-bond donors (Lipinski definition) is 0. The lowest BCUT2D eigenvalue weighted by atomic mass is 10.2. The molecule has 0 N–H and O–H groups in total. The molecule has 0 radical (unpaired) electrons. The van der Waals surface area contributed by atoms with Gasteiger partial charge < -0.3 is 14.0 Å². The Morgan fingerprint density at radius 1 is 1.14 bits per heavy atom. The maximum Gasteiger partial charge on any atom is 0.414 e. The van der Waals surface area contributed by atoms with Crippen LogP contribution in [-0.2, 0) is 4.74 Å². The molecule has 1 aromatic carbocycles. The standard InChI is InChI=1S/C21H19N3O4/c1-14-13-18(15(2)24(14)19-5-3-4-10-22-19)20(25)28-17-8-6-16(7-9-17)23-11-12-27-21(23)26/h3-10,13H,11-12H2,1-2H3. The van der Waals surface area contributed by atoms with E-state index in [1.165, 1.54) is 4.90 Å². The van der Waals surface area contributed by atoms with E-state index in [2.05, 4.69) is 4.98 Å². The number of aryl methyl sites for hydroxylation is 1. The number of ether oxygens (including phenoxy) is 2. The van der Waals surface area contributed by atoms with Gasteiger partial charge in [-0.05, 0) is 56.3 Å². The lowest BCUT2D eigenvalue weighted by molar-refractivity contribution is 0.0734. The molecule has 3 aromatic rings. The summed E-state index contributed by atoms with van der Waals surface area (Å²) in [4.78, 5) is 30.2. The molecule has 0 saturated carbocycles. The minimum atomic E-state index is -0.441. The molecule has 0 aliphatic carbocycles. The predicted molar refractivity (Wildman–Crippen MR) is 103 cm³/mol. The molecule has 1 aliphatic rings. The quantitative estimate of drug-likeness (QED) is 0.512. The molecule has 3 heterocycles. The van der Waals surface area contributed by atoms with E-state index in [0.29, 0.717) is 30.2 Å². The van der Waals surface area contributed by atoms with Crippen LogP contribution in [0.2, 0.25) is 0 Å². The van der Waals surface area contributed by atoms with E-state index in [1.807, 2.05) is 36.6 Å². The highest BCUT2D eigenvalue weighted by molar-refractivity contribution is 5.93. The third-order valence-electron chi connectivity index (χ3n) is 4.65. The van der Waals surface area contributed by atoms with Crippen LogP contribution < -0.4 is 9.64 Å². The van der Waals surface area contributed by atoms with Crippen LogP contribution in [0.15, 0.2) is 54.7 Å². The highest BCUT2D eigenvalue weighted by Crippen LogP contribution is 2.24. The molecule has 1 saturated heterocycles. The van der Waals surface area contributed by atoms with Gasteiger partial charge in [0.05, 0.1) is 12.1 Å². The Kier molecular flexibility index (Phi) is 4.57. The van der Waals surface area contributed by atoms with Gasteiger partial charge >= 0.3 is 12.1 Å². The number of rotatable bonds is 4. The van der Waals surface area contributed by atoms with E-state index in [9.17, 15) is 9.59 Å². The van der Waals surface area contributed by atoms with Crippen LogP contribution >= 0.6 is 0 Å². The fourth-order valence-electron chi connectivity index (χ4n) is 3.29. The average molecular weight is 377 g/mol. The Morgan fingerprint density at radius 2 is 1.93 bits per heavy atom. The molecule has 7 heteroatoms. The zero-order valence-electron chi connectivity index (χ0n) is 15.6. The van der Waals surface area contributed by atoms with E-state index < -0.39 is 5.97 Å². The first-order valence-electron chi connectivity index (χ1n) is 8.91. The molecule has 142 valence electrons. The summed E-state index contributed by atoms with van der Waals surface area (Å²) in [6, 6.07) is 14.2. The van der Waals surface area contributed by atoms with Gasteiger partial charge in [0.25, 0.3) is 0 Å². The monoisotopic (exact) mass is 377 g/mol. The number of esters is 1. The van der Waals surface area contributed by atoms with Gasteiger partial charge in [-0.2, -0.15) is 0 Å². The lowest BCUT2D eigenvalue weighted by Gasteiger charge is -2.13. The van der Waals surface area contributed by atoms with E-state index in [0.717, 1.165) is 17.2 Å². The first-order valence-corrected chi connectivity index (χ1v) is 8.91. The normalized spacial score (nSPS) is 13.5. The molecule has 7 nitrogen and oxygen atoms in total. The van der Waals surface area contributed by atoms with Gasteiger partial charge in [-0.1, -0.05) is 6.07 Å². The van der Waals surface area contributed by atoms with Crippen molar-refractivity contribution in [3.8, 4) is 11.6 Å². The highest BCUT2D eigenvalue weighted by Gasteiger charge is 2.24. The highest BCUT2D eigenvalue weighted by atomic mass is 16.6. The minimum Gasteiger partial charge on any atom is -0.447 e. The van der Waals surface area contributed by atoms with Crippen LogP contribution in [0.3, 0.4) is 0 Å². The molecule has 4 rings (SSSR count). The Balaban J connectivity index is 1.54. The van der Waals surface area contributed by atoms with E-state index in [1.54, 1.807) is 36.5 Å². The number of benzene rings is 1. The maximum atomic E-state index is 12.7. The zero-order valence-corrected chi connectivity index (χ0v) is 15.6. The molecule has 0 spiro atoms. The number of hydrogen-bond acceptors (Lipinski definition) is 5. The third-order valence-corrected chi connectivity index (χ3v) is 4.65. The fraction of sp³-hybridized carbons (Fsp3) is 0.190. The van der Waals surface area contributed by atoms with Crippen LogP contribution in [0.4, 0.5) is 10.5 Å². The summed E-state index contributed by atoms with van der Waals surface area (Å²) in [5.74, 6) is 0.714. The van der Waals surface area contributed by atoms with E-state index >= 15 is 0 Å². The summed E-state index contributed by atoms with van der Waals surface area (Å²) in [5.41, 5.74) is 2.84. The summed E-state index contributed by atoms with van der Waals surface area (Å²) < 4.78 is 12.4. The van der Waals surface area contributed by atoms with Crippen molar-refractivity contribution in [1.82, 2.24) is 9.55 Å². The second kappa shape index (κ2) is 7.19. The number of anilines is 1. The molecule has 0 atom stereocenters. The molecule has 1 amide bonds. The van der Waals surface area contributed by atoms with Crippen LogP contribution in [-0.4, -0.2) is 34.8 Å². The number of carbonyl (C=O) groups excluding carboxylic acids is 2. The number of aromatic nitrogens is 2. The molecule has 0 unspecified atom stereocenters. The second-order valence-corrected chi connectivity index (χ2v) is 6.46. The van der Waals surface area contributed by atoms with Crippen molar-refractivity contribution < 1.29 is 19.1 Å². The maximum absolute atomic E-state index is 12.7. The van der Waals surface area contributed by atoms with Crippen molar-refractivity contribution in [2.45, 2.75) is 13.8 Å². The van der Waals surface area contributed by atoms with E-state index in [-0.39, 0.29) is 6.09 Å². The predicted octanol–water partition coefficient (Wildman–Crippen LogP) is 3.66. The van der Waals surface area contributed by atoms with Gasteiger partial charge in [0, 0.05) is 23.3 Å². The summed E-state index contributed by atoms with van der Waals surface area (Å²) >= 11 is 0. The number of nitrogens with zero attached hydrogens (tertiary/aromatic N) is 3. The van der Waals surface area contributed by atoms with Crippen molar-refractivity contribution in [2.75, 3.05) is 18.1 Å². The van der Waals surface area contributed by atoms with Gasteiger partial charge in [0.15, 0.2) is 0 Å². The topological polar surface area (TPSA) is 73.7 Å². The summed E-state index contributed by atoms with van der Waals surface area (Å²) in [7, 11) is 0. The van der Waals surface area contributed by atoms with Gasteiger partial charge in [0.1, 0.15) is 18.2 Å². The fourth-order valence-corrected chi connectivity index (χ4v) is 3.29. The molecule has 1 fully saturated rings. The average Bonchev–Trinajstić information content (AvgIpc) is 3.26. The van der Waals surface area contributed by atoms with Gasteiger partial charge in [-0.15, -0.1) is 0 Å². The Hall–Kier alpha value is -3.61. The first kappa shape index (κ1) is 17.8. The largest absolute Gasteiger partial charge is 0.447 e. The van der Waals surface area contributed by atoms with Crippen LogP contribution in [0.25, 0.3) is 5.82 Å².